The minimum absolute atomic E-state index is 0.0145. The van der Waals surface area contributed by atoms with Crippen LogP contribution in [0.25, 0.3) is 0 Å². The monoisotopic (exact) mass is 296 g/mol. The Hall–Kier alpha value is -1.07. The van der Waals surface area contributed by atoms with Gasteiger partial charge in [0, 0.05) is 12.6 Å². The summed E-state index contributed by atoms with van der Waals surface area (Å²) < 4.78 is 7.47. The number of methoxy groups -OCH3 is 1. The molecular formula is C16H32N4O. The molecule has 1 aromatic heterocycles. The highest BCUT2D eigenvalue weighted by atomic mass is 16.5. The summed E-state index contributed by atoms with van der Waals surface area (Å²) in [6.45, 7) is 14.2. The highest BCUT2D eigenvalue weighted by molar-refractivity contribution is 5.31. The molecule has 0 saturated heterocycles. The van der Waals surface area contributed by atoms with Crippen LogP contribution in [0.3, 0.4) is 0 Å². The number of hydrogen-bond acceptors (Lipinski definition) is 4. The van der Waals surface area contributed by atoms with Gasteiger partial charge in [0.1, 0.15) is 0 Å². The van der Waals surface area contributed by atoms with Crippen molar-refractivity contribution in [3.63, 3.8) is 0 Å². The number of hydrogen-bond donors (Lipinski definition) is 1. The molecule has 0 fully saturated rings. The molecule has 1 rings (SSSR count). The van der Waals surface area contributed by atoms with E-state index < -0.39 is 0 Å². The van der Waals surface area contributed by atoms with Crippen LogP contribution in [0.15, 0.2) is 6.20 Å². The van der Waals surface area contributed by atoms with Crippen molar-refractivity contribution in [2.24, 2.45) is 7.05 Å². The summed E-state index contributed by atoms with van der Waals surface area (Å²) in [6, 6.07) is 0.176. The van der Waals surface area contributed by atoms with Gasteiger partial charge in [-0.3, -0.25) is 9.58 Å². The maximum absolute atomic E-state index is 5.54. The summed E-state index contributed by atoms with van der Waals surface area (Å²) in [7, 11) is 3.70. The van der Waals surface area contributed by atoms with Crippen molar-refractivity contribution in [3.05, 3.63) is 11.9 Å². The Kier molecular flexibility index (Phi) is 6.68. The smallest absolute Gasteiger partial charge is 0.161 e. The number of ether oxygens (including phenoxy) is 1. The normalized spacial score (nSPS) is 16.0. The fourth-order valence-corrected chi connectivity index (χ4v) is 3.28. The van der Waals surface area contributed by atoms with Gasteiger partial charge in [0.05, 0.1) is 25.0 Å². The molecule has 0 saturated carbocycles. The van der Waals surface area contributed by atoms with Crippen molar-refractivity contribution in [1.82, 2.24) is 20.0 Å². The number of aryl methyl sites for hydroxylation is 1. The molecule has 5 nitrogen and oxygen atoms in total. The van der Waals surface area contributed by atoms with Crippen LogP contribution < -0.4 is 10.1 Å². The number of nitrogens with one attached hydrogen (secondary N) is 1. The Bertz CT molecular complexity index is 428. The molecule has 0 spiro atoms. The fourth-order valence-electron chi connectivity index (χ4n) is 3.28. The molecule has 0 bridgehead atoms. The molecule has 122 valence electrons. The zero-order valence-corrected chi connectivity index (χ0v) is 14.7. The average Bonchev–Trinajstić information content (AvgIpc) is 2.86. The van der Waals surface area contributed by atoms with E-state index in [0.29, 0.717) is 0 Å². The molecule has 0 amide bonds. The lowest BCUT2D eigenvalue weighted by Crippen LogP contribution is -2.54. The van der Waals surface area contributed by atoms with E-state index in [1.165, 1.54) is 0 Å². The van der Waals surface area contributed by atoms with Gasteiger partial charge in [0.2, 0.25) is 0 Å². The van der Waals surface area contributed by atoms with Crippen LogP contribution in [0.4, 0.5) is 0 Å². The van der Waals surface area contributed by atoms with Crippen LogP contribution in [0.2, 0.25) is 0 Å². The minimum Gasteiger partial charge on any atom is -0.493 e. The molecule has 0 aliphatic heterocycles. The largest absolute Gasteiger partial charge is 0.493 e. The number of nitrogens with zero attached hydrogens (tertiary/aromatic N) is 3. The first-order chi connectivity index (χ1) is 9.99. The third-order valence-electron chi connectivity index (χ3n) is 4.67. The van der Waals surface area contributed by atoms with Gasteiger partial charge >= 0.3 is 0 Å². The number of likely N-dealkylation sites (N-methyl/N-ethyl adjacent to an activating group) is 2. The Labute approximate surface area is 129 Å². The van der Waals surface area contributed by atoms with E-state index in [1.807, 2.05) is 11.7 Å². The molecule has 0 radical (unpaired) electrons. The van der Waals surface area contributed by atoms with Gasteiger partial charge in [-0.1, -0.05) is 27.7 Å². The molecule has 1 heterocycles. The maximum atomic E-state index is 5.54. The molecule has 5 heteroatoms. The third kappa shape index (κ3) is 3.40. The predicted molar refractivity (Wildman–Crippen MR) is 87.8 cm³/mol. The van der Waals surface area contributed by atoms with Crippen LogP contribution in [0.5, 0.6) is 5.75 Å². The highest BCUT2D eigenvalue weighted by Gasteiger charge is 2.40. The molecule has 1 N–H and O–H groups in total. The van der Waals surface area contributed by atoms with Crippen LogP contribution in [0.1, 0.15) is 52.8 Å². The van der Waals surface area contributed by atoms with Gasteiger partial charge in [-0.15, -0.1) is 0 Å². The van der Waals surface area contributed by atoms with Gasteiger partial charge in [0.15, 0.2) is 5.75 Å². The summed E-state index contributed by atoms with van der Waals surface area (Å²) in [5.41, 5.74) is 1.14. The van der Waals surface area contributed by atoms with Gasteiger partial charge in [0.25, 0.3) is 0 Å². The minimum atomic E-state index is 0.0145. The second-order valence-electron chi connectivity index (χ2n) is 5.60. The van der Waals surface area contributed by atoms with Crippen molar-refractivity contribution in [3.8, 4) is 5.75 Å². The van der Waals surface area contributed by atoms with Crippen LogP contribution in [0, 0.1) is 0 Å². The van der Waals surface area contributed by atoms with Crippen molar-refractivity contribution in [1.29, 1.82) is 0 Å². The summed E-state index contributed by atoms with van der Waals surface area (Å²) >= 11 is 0. The topological polar surface area (TPSA) is 42.3 Å². The molecule has 2 unspecified atom stereocenters. The molecule has 0 aliphatic carbocycles. The average molecular weight is 296 g/mol. The summed E-state index contributed by atoms with van der Waals surface area (Å²) in [4.78, 5) is 2.52. The Morgan fingerprint density at radius 1 is 1.33 bits per heavy atom. The van der Waals surface area contributed by atoms with Crippen molar-refractivity contribution in [2.45, 2.75) is 52.6 Å². The van der Waals surface area contributed by atoms with Crippen LogP contribution in [-0.4, -0.2) is 47.0 Å². The number of aromatic nitrogens is 2. The first-order valence-corrected chi connectivity index (χ1v) is 8.04. The van der Waals surface area contributed by atoms with E-state index in [1.54, 1.807) is 13.3 Å². The molecular weight excluding hydrogens is 264 g/mol. The molecule has 1 aromatic rings. The summed E-state index contributed by atoms with van der Waals surface area (Å²) in [5.74, 6) is 0.857. The standard InChI is InChI=1S/C16H32N4O/c1-8-16(5,20(10-3)11-4)15(17-9-2)14-13(21-7)12-18-19(14)6/h12,15,17H,8-11H2,1-7H3. The third-order valence-corrected chi connectivity index (χ3v) is 4.67. The van der Waals surface area contributed by atoms with E-state index in [9.17, 15) is 0 Å². The van der Waals surface area contributed by atoms with Crippen molar-refractivity contribution in [2.75, 3.05) is 26.7 Å². The second kappa shape index (κ2) is 7.80. The van der Waals surface area contributed by atoms with Gasteiger partial charge in [-0.25, -0.2) is 0 Å². The van der Waals surface area contributed by atoms with Crippen LogP contribution >= 0.6 is 0 Å². The van der Waals surface area contributed by atoms with E-state index in [0.717, 1.165) is 37.5 Å². The molecule has 0 aliphatic rings. The van der Waals surface area contributed by atoms with Crippen molar-refractivity contribution < 1.29 is 4.74 Å². The Balaban J connectivity index is 3.34. The SMILES string of the molecule is CCNC(c1c(OC)cnn1C)C(C)(CC)N(CC)CC. The molecule has 21 heavy (non-hydrogen) atoms. The summed E-state index contributed by atoms with van der Waals surface area (Å²) in [5, 5.41) is 8.04. The Morgan fingerprint density at radius 2 is 1.95 bits per heavy atom. The lowest BCUT2D eigenvalue weighted by atomic mass is 9.84. The maximum Gasteiger partial charge on any atom is 0.161 e. The quantitative estimate of drug-likeness (QED) is 0.760. The van der Waals surface area contributed by atoms with Crippen molar-refractivity contribution >= 4 is 0 Å². The van der Waals surface area contributed by atoms with E-state index in [2.05, 4.69) is 49.9 Å². The fraction of sp³-hybridized carbons (Fsp3) is 0.812. The van der Waals surface area contributed by atoms with E-state index >= 15 is 0 Å². The second-order valence-corrected chi connectivity index (χ2v) is 5.60. The zero-order chi connectivity index (χ0) is 16.0. The van der Waals surface area contributed by atoms with Gasteiger partial charge in [-0.05, 0) is 33.0 Å². The van der Waals surface area contributed by atoms with E-state index in [-0.39, 0.29) is 11.6 Å². The predicted octanol–water partition coefficient (Wildman–Crippen LogP) is 2.59. The lowest BCUT2D eigenvalue weighted by Gasteiger charge is -2.46. The van der Waals surface area contributed by atoms with Gasteiger partial charge < -0.3 is 10.1 Å². The van der Waals surface area contributed by atoms with Crippen LogP contribution in [-0.2, 0) is 7.05 Å². The lowest BCUT2D eigenvalue weighted by molar-refractivity contribution is 0.0663. The molecule has 2 atom stereocenters. The molecule has 0 aromatic carbocycles. The van der Waals surface area contributed by atoms with Gasteiger partial charge in [-0.2, -0.15) is 5.10 Å². The zero-order valence-electron chi connectivity index (χ0n) is 14.7. The number of rotatable bonds is 9. The van der Waals surface area contributed by atoms with E-state index in [4.69, 9.17) is 4.74 Å². The Morgan fingerprint density at radius 3 is 2.38 bits per heavy atom. The first-order valence-electron chi connectivity index (χ1n) is 8.04. The summed E-state index contributed by atoms with van der Waals surface area (Å²) in [6.07, 6.45) is 2.86. The highest BCUT2D eigenvalue weighted by Crippen LogP contribution is 2.37. The first kappa shape index (κ1) is 18.0.